The molecule has 2 aromatic heterocycles. The van der Waals surface area contributed by atoms with Crippen LogP contribution in [-0.2, 0) is 22.1 Å². The molecular weight excluding hydrogens is 414 g/mol. The van der Waals surface area contributed by atoms with Gasteiger partial charge < -0.3 is 15.2 Å². The van der Waals surface area contributed by atoms with Gasteiger partial charge in [-0.1, -0.05) is 19.3 Å². The molecule has 4 N–H and O–H groups in total. The van der Waals surface area contributed by atoms with Crippen molar-refractivity contribution >= 4 is 38.5 Å². The molecule has 0 unspecified atom stereocenters. The van der Waals surface area contributed by atoms with E-state index in [9.17, 15) is 8.42 Å². The van der Waals surface area contributed by atoms with E-state index in [4.69, 9.17) is 10.1 Å². The molecule has 1 saturated carbocycles. The van der Waals surface area contributed by atoms with Crippen LogP contribution in [0.5, 0.6) is 0 Å². The smallest absolute Gasteiger partial charge is 0.238 e. The number of aliphatic imine (C=N–C) groups is 1. The van der Waals surface area contributed by atoms with Crippen LogP contribution in [0.4, 0.5) is 11.6 Å². The van der Waals surface area contributed by atoms with Crippen molar-refractivity contribution in [2.45, 2.75) is 49.1 Å². The van der Waals surface area contributed by atoms with Gasteiger partial charge in [0.25, 0.3) is 0 Å². The molecular formula is C21H25N7O2S. The summed E-state index contributed by atoms with van der Waals surface area (Å²) in [7, 11) is -1.88. The van der Waals surface area contributed by atoms with E-state index < -0.39 is 10.0 Å². The number of sulfonamides is 1. The minimum absolute atomic E-state index is 0.0632. The van der Waals surface area contributed by atoms with E-state index in [1.54, 1.807) is 12.1 Å². The lowest BCUT2D eigenvalue weighted by molar-refractivity contribution is 0.263. The van der Waals surface area contributed by atoms with Crippen LogP contribution in [0.3, 0.4) is 0 Å². The molecule has 3 heterocycles. The van der Waals surface area contributed by atoms with Crippen LogP contribution in [0.2, 0.25) is 0 Å². The Hall–Kier alpha value is -2.98. The molecule has 1 aliphatic carbocycles. The summed E-state index contributed by atoms with van der Waals surface area (Å²) in [5.41, 5.74) is 2.57. The van der Waals surface area contributed by atoms with Crippen LogP contribution in [0.15, 0.2) is 46.4 Å². The molecule has 31 heavy (non-hydrogen) atoms. The number of nitrogens with zero attached hydrogens (tertiary/aromatic N) is 4. The lowest BCUT2D eigenvalue weighted by atomic mass is 9.79. The van der Waals surface area contributed by atoms with Crippen LogP contribution in [0.25, 0.3) is 11.0 Å². The number of primary sulfonamides is 1. The summed E-state index contributed by atoms with van der Waals surface area (Å²) in [5, 5.41) is 12.9. The largest absolute Gasteiger partial charge is 0.366 e. The van der Waals surface area contributed by atoms with Crippen molar-refractivity contribution in [1.29, 1.82) is 0 Å². The summed E-state index contributed by atoms with van der Waals surface area (Å²) in [6.45, 7) is 0.711. The standard InChI is InChI=1S/C21H25N7O2S/c1-23-19-21(9-3-2-4-10-21)28-16(13-24-19)11-14-12-25-20(27-18(14)28)26-15-5-7-17(8-6-15)31(22,29)30/h5-8,11-12H,2-4,9-10,13H2,1H3,(H,23,24)(H2,22,29,30)(H,25,26,27). The zero-order valence-electron chi connectivity index (χ0n) is 17.3. The highest BCUT2D eigenvalue weighted by Gasteiger charge is 2.43. The van der Waals surface area contributed by atoms with Crippen molar-refractivity contribution in [2.24, 2.45) is 10.1 Å². The van der Waals surface area contributed by atoms with E-state index in [0.717, 1.165) is 42.6 Å². The summed E-state index contributed by atoms with van der Waals surface area (Å²) < 4.78 is 25.3. The maximum absolute atomic E-state index is 11.5. The van der Waals surface area contributed by atoms with E-state index >= 15 is 0 Å². The third-order valence-corrected chi connectivity index (χ3v) is 7.20. The van der Waals surface area contributed by atoms with Gasteiger partial charge in [-0.15, -0.1) is 0 Å². The van der Waals surface area contributed by atoms with Gasteiger partial charge in [-0.3, -0.25) is 4.99 Å². The van der Waals surface area contributed by atoms with Crippen molar-refractivity contribution in [2.75, 3.05) is 12.4 Å². The summed E-state index contributed by atoms with van der Waals surface area (Å²) >= 11 is 0. The molecule has 0 radical (unpaired) electrons. The number of rotatable bonds is 3. The number of fused-ring (bicyclic) bond motifs is 4. The van der Waals surface area contributed by atoms with Crippen LogP contribution >= 0.6 is 0 Å². The zero-order chi connectivity index (χ0) is 21.6. The first kappa shape index (κ1) is 20.0. The van der Waals surface area contributed by atoms with Gasteiger partial charge in [0.05, 0.1) is 11.4 Å². The summed E-state index contributed by atoms with van der Waals surface area (Å²) in [5.74, 6) is 1.49. The Morgan fingerprint density at radius 2 is 1.94 bits per heavy atom. The fraction of sp³-hybridized carbons (Fsp3) is 0.381. The Kier molecular flexibility index (Phi) is 4.71. The molecule has 0 saturated heterocycles. The maximum atomic E-state index is 11.5. The number of nitrogens with one attached hydrogen (secondary N) is 2. The number of nitrogens with two attached hydrogens (primary N) is 1. The maximum Gasteiger partial charge on any atom is 0.238 e. The molecule has 10 heteroatoms. The summed E-state index contributed by atoms with van der Waals surface area (Å²) in [6, 6.07) is 8.37. The first-order chi connectivity index (χ1) is 14.9. The third-order valence-electron chi connectivity index (χ3n) is 6.27. The van der Waals surface area contributed by atoms with Gasteiger partial charge >= 0.3 is 0 Å². The van der Waals surface area contributed by atoms with E-state index in [2.05, 4.69) is 31.2 Å². The Labute approximate surface area is 180 Å². The fourth-order valence-electron chi connectivity index (χ4n) is 4.90. The SMILES string of the molecule is CN=C1NCc2cc3cnc(Nc4ccc(S(N)(=O)=O)cc4)nc3n2C12CCCCC2. The number of anilines is 2. The molecule has 162 valence electrons. The van der Waals surface area contributed by atoms with Crippen LogP contribution < -0.4 is 15.8 Å². The highest BCUT2D eigenvalue weighted by molar-refractivity contribution is 7.89. The predicted octanol–water partition coefficient (Wildman–Crippen LogP) is 2.61. The number of hydrogen-bond acceptors (Lipinski definition) is 6. The zero-order valence-corrected chi connectivity index (χ0v) is 18.1. The fourth-order valence-corrected chi connectivity index (χ4v) is 5.41. The summed E-state index contributed by atoms with van der Waals surface area (Å²) in [4.78, 5) is 14.0. The highest BCUT2D eigenvalue weighted by Crippen LogP contribution is 2.41. The van der Waals surface area contributed by atoms with Crippen LogP contribution in [0, 0.1) is 0 Å². The molecule has 2 aliphatic rings. The van der Waals surface area contributed by atoms with Gasteiger partial charge in [-0.2, -0.15) is 4.98 Å². The van der Waals surface area contributed by atoms with Crippen molar-refractivity contribution < 1.29 is 8.42 Å². The Bertz CT molecular complexity index is 1270. The van der Waals surface area contributed by atoms with Crippen molar-refractivity contribution in [3.63, 3.8) is 0 Å². The Morgan fingerprint density at radius 3 is 2.61 bits per heavy atom. The van der Waals surface area contributed by atoms with Crippen molar-refractivity contribution in [1.82, 2.24) is 19.9 Å². The number of aromatic nitrogens is 3. The minimum Gasteiger partial charge on any atom is -0.366 e. The predicted molar refractivity (Wildman–Crippen MR) is 120 cm³/mol. The van der Waals surface area contributed by atoms with E-state index in [0.29, 0.717) is 18.2 Å². The summed E-state index contributed by atoms with van der Waals surface area (Å²) in [6.07, 6.45) is 7.45. The van der Waals surface area contributed by atoms with Crippen LogP contribution in [0.1, 0.15) is 37.8 Å². The normalized spacial score (nSPS) is 19.4. The average molecular weight is 440 g/mol. The number of amidine groups is 1. The Morgan fingerprint density at radius 1 is 1.19 bits per heavy atom. The molecule has 1 fully saturated rings. The second kappa shape index (κ2) is 7.31. The number of hydrogen-bond donors (Lipinski definition) is 3. The van der Waals surface area contributed by atoms with E-state index in [1.807, 2.05) is 13.2 Å². The first-order valence-corrected chi connectivity index (χ1v) is 11.9. The first-order valence-electron chi connectivity index (χ1n) is 10.4. The van der Waals surface area contributed by atoms with Gasteiger partial charge in [-0.25, -0.2) is 18.5 Å². The molecule has 3 aromatic rings. The quantitative estimate of drug-likeness (QED) is 0.576. The second-order valence-corrected chi connectivity index (χ2v) is 9.72. The monoisotopic (exact) mass is 439 g/mol. The third kappa shape index (κ3) is 3.35. The molecule has 5 rings (SSSR count). The van der Waals surface area contributed by atoms with Gasteiger partial charge in [0.1, 0.15) is 17.0 Å². The van der Waals surface area contributed by atoms with E-state index in [-0.39, 0.29) is 10.4 Å². The lowest BCUT2D eigenvalue weighted by Crippen LogP contribution is -2.54. The topological polar surface area (TPSA) is 127 Å². The highest BCUT2D eigenvalue weighted by atomic mass is 32.2. The Balaban J connectivity index is 1.56. The molecule has 0 amide bonds. The van der Waals surface area contributed by atoms with Crippen LogP contribution in [-0.4, -0.2) is 35.8 Å². The average Bonchev–Trinajstić information content (AvgIpc) is 3.13. The van der Waals surface area contributed by atoms with Crippen molar-refractivity contribution in [3.05, 3.63) is 42.2 Å². The lowest BCUT2D eigenvalue weighted by Gasteiger charge is -2.44. The van der Waals surface area contributed by atoms with Gasteiger partial charge in [0.2, 0.25) is 16.0 Å². The molecule has 1 spiro atoms. The number of benzene rings is 1. The molecule has 0 bridgehead atoms. The molecule has 1 aliphatic heterocycles. The minimum atomic E-state index is -3.73. The van der Waals surface area contributed by atoms with Gasteiger partial charge in [0, 0.05) is 30.0 Å². The molecule has 9 nitrogen and oxygen atoms in total. The second-order valence-electron chi connectivity index (χ2n) is 8.16. The van der Waals surface area contributed by atoms with Gasteiger partial charge in [0.15, 0.2) is 0 Å². The molecule has 0 atom stereocenters. The van der Waals surface area contributed by atoms with E-state index in [1.165, 1.54) is 24.2 Å². The molecule has 1 aromatic carbocycles. The van der Waals surface area contributed by atoms with Crippen molar-refractivity contribution in [3.8, 4) is 0 Å². The van der Waals surface area contributed by atoms with Gasteiger partial charge in [-0.05, 0) is 43.2 Å².